The highest BCUT2D eigenvalue weighted by Gasteiger charge is 2.30. The average molecular weight is 263 g/mol. The SMILES string of the molecule is CC1CN(C(=O)C2CCNCC2)CC(C)O1.Cl. The lowest BCUT2D eigenvalue weighted by Gasteiger charge is -2.37. The number of morpholine rings is 1. The molecule has 4 nitrogen and oxygen atoms in total. The molecule has 0 aromatic rings. The Bertz CT molecular complexity index is 247. The van der Waals surface area contributed by atoms with Gasteiger partial charge in [-0.05, 0) is 39.8 Å². The van der Waals surface area contributed by atoms with Crippen LogP contribution in [0.15, 0.2) is 0 Å². The maximum absolute atomic E-state index is 12.3. The van der Waals surface area contributed by atoms with Gasteiger partial charge in [0.1, 0.15) is 0 Å². The van der Waals surface area contributed by atoms with E-state index in [0.29, 0.717) is 5.91 Å². The Labute approximate surface area is 109 Å². The molecule has 2 atom stereocenters. The van der Waals surface area contributed by atoms with Crippen molar-refractivity contribution >= 4 is 18.3 Å². The van der Waals surface area contributed by atoms with Gasteiger partial charge in [0.15, 0.2) is 0 Å². The molecule has 0 saturated carbocycles. The number of carbonyl (C=O) groups is 1. The molecule has 0 radical (unpaired) electrons. The number of carbonyl (C=O) groups excluding carboxylic acids is 1. The van der Waals surface area contributed by atoms with Gasteiger partial charge >= 0.3 is 0 Å². The number of nitrogens with one attached hydrogen (secondary N) is 1. The van der Waals surface area contributed by atoms with E-state index in [-0.39, 0.29) is 30.5 Å². The van der Waals surface area contributed by atoms with Crippen molar-refractivity contribution in [1.29, 1.82) is 0 Å². The zero-order valence-corrected chi connectivity index (χ0v) is 11.5. The fourth-order valence-electron chi connectivity index (χ4n) is 2.68. The lowest BCUT2D eigenvalue weighted by atomic mass is 9.96. The van der Waals surface area contributed by atoms with Gasteiger partial charge in [-0.25, -0.2) is 0 Å². The van der Waals surface area contributed by atoms with Gasteiger partial charge in [-0.15, -0.1) is 12.4 Å². The summed E-state index contributed by atoms with van der Waals surface area (Å²) in [6, 6.07) is 0. The lowest BCUT2D eigenvalue weighted by molar-refractivity contribution is -0.148. The first kappa shape index (κ1) is 14.7. The number of hydrogen-bond donors (Lipinski definition) is 1. The molecule has 0 aromatic heterocycles. The molecular weight excluding hydrogens is 240 g/mol. The molecule has 2 heterocycles. The maximum Gasteiger partial charge on any atom is 0.225 e. The molecule has 2 rings (SSSR count). The van der Waals surface area contributed by atoms with E-state index in [1.807, 2.05) is 18.7 Å². The van der Waals surface area contributed by atoms with E-state index in [1.165, 1.54) is 0 Å². The monoisotopic (exact) mass is 262 g/mol. The smallest absolute Gasteiger partial charge is 0.225 e. The summed E-state index contributed by atoms with van der Waals surface area (Å²) < 4.78 is 5.65. The minimum atomic E-state index is 0. The first-order valence-corrected chi connectivity index (χ1v) is 6.32. The van der Waals surface area contributed by atoms with E-state index in [4.69, 9.17) is 4.74 Å². The molecule has 2 saturated heterocycles. The molecule has 2 aliphatic heterocycles. The van der Waals surface area contributed by atoms with Gasteiger partial charge in [-0.3, -0.25) is 4.79 Å². The topological polar surface area (TPSA) is 41.6 Å². The summed E-state index contributed by atoms with van der Waals surface area (Å²) in [6.07, 6.45) is 2.32. The van der Waals surface area contributed by atoms with Crippen LogP contribution in [0.25, 0.3) is 0 Å². The number of hydrogen-bond acceptors (Lipinski definition) is 3. The third-order valence-electron chi connectivity index (χ3n) is 3.42. The van der Waals surface area contributed by atoms with E-state index < -0.39 is 0 Å². The van der Waals surface area contributed by atoms with Gasteiger partial charge < -0.3 is 15.0 Å². The zero-order chi connectivity index (χ0) is 11.5. The summed E-state index contributed by atoms with van der Waals surface area (Å²) in [5.41, 5.74) is 0. The third kappa shape index (κ3) is 3.83. The molecule has 2 fully saturated rings. The molecule has 1 amide bonds. The molecule has 0 aromatic carbocycles. The minimum Gasteiger partial charge on any atom is -0.372 e. The fourth-order valence-corrected chi connectivity index (χ4v) is 2.68. The molecule has 0 aliphatic carbocycles. The predicted molar refractivity (Wildman–Crippen MR) is 69.4 cm³/mol. The number of ether oxygens (including phenoxy) is 1. The average Bonchev–Trinajstić information content (AvgIpc) is 2.28. The Hall–Kier alpha value is -0.320. The summed E-state index contributed by atoms with van der Waals surface area (Å²) in [4.78, 5) is 14.3. The van der Waals surface area contributed by atoms with Crippen molar-refractivity contribution in [3.05, 3.63) is 0 Å². The van der Waals surface area contributed by atoms with E-state index in [0.717, 1.165) is 39.0 Å². The second kappa shape index (κ2) is 6.57. The molecule has 0 bridgehead atoms. The zero-order valence-electron chi connectivity index (χ0n) is 10.6. The lowest BCUT2D eigenvalue weighted by Crippen LogP contribution is -2.51. The van der Waals surface area contributed by atoms with E-state index >= 15 is 0 Å². The van der Waals surface area contributed by atoms with Crippen LogP contribution in [0, 0.1) is 5.92 Å². The maximum atomic E-state index is 12.3. The summed E-state index contributed by atoms with van der Waals surface area (Å²) in [7, 11) is 0. The van der Waals surface area contributed by atoms with Gasteiger partial charge in [0, 0.05) is 19.0 Å². The fraction of sp³-hybridized carbons (Fsp3) is 0.917. The number of halogens is 1. The molecule has 2 unspecified atom stereocenters. The Kier molecular flexibility index (Phi) is 5.70. The largest absolute Gasteiger partial charge is 0.372 e. The molecule has 0 spiro atoms. The normalized spacial score (nSPS) is 30.8. The molecule has 1 N–H and O–H groups in total. The van der Waals surface area contributed by atoms with Crippen molar-refractivity contribution in [3.8, 4) is 0 Å². The Morgan fingerprint density at radius 2 is 1.71 bits per heavy atom. The van der Waals surface area contributed by atoms with Gasteiger partial charge in [0.05, 0.1) is 12.2 Å². The standard InChI is InChI=1S/C12H22N2O2.ClH/c1-9-7-14(8-10(2)16-9)12(15)11-3-5-13-6-4-11;/h9-11,13H,3-8H2,1-2H3;1H. The Morgan fingerprint density at radius 1 is 1.18 bits per heavy atom. The third-order valence-corrected chi connectivity index (χ3v) is 3.42. The van der Waals surface area contributed by atoms with Crippen LogP contribution in [-0.2, 0) is 9.53 Å². The molecule has 100 valence electrons. The first-order valence-electron chi connectivity index (χ1n) is 6.32. The Balaban J connectivity index is 0.00000144. The van der Waals surface area contributed by atoms with Crippen LogP contribution in [0.5, 0.6) is 0 Å². The predicted octanol–water partition coefficient (Wildman–Crippen LogP) is 1.04. The van der Waals surface area contributed by atoms with E-state index in [2.05, 4.69) is 5.32 Å². The van der Waals surface area contributed by atoms with Gasteiger partial charge in [-0.2, -0.15) is 0 Å². The van der Waals surface area contributed by atoms with Crippen molar-refractivity contribution in [2.24, 2.45) is 5.92 Å². The highest BCUT2D eigenvalue weighted by molar-refractivity contribution is 5.85. The number of rotatable bonds is 1. The summed E-state index contributed by atoms with van der Waals surface area (Å²) in [5, 5.41) is 3.29. The molecular formula is C12H23ClN2O2. The van der Waals surface area contributed by atoms with Crippen molar-refractivity contribution in [2.75, 3.05) is 26.2 Å². The van der Waals surface area contributed by atoms with Crippen LogP contribution in [0.4, 0.5) is 0 Å². The summed E-state index contributed by atoms with van der Waals surface area (Å²) in [5.74, 6) is 0.572. The van der Waals surface area contributed by atoms with Gasteiger partial charge in [0.2, 0.25) is 5.91 Å². The second-order valence-corrected chi connectivity index (χ2v) is 5.02. The van der Waals surface area contributed by atoms with Crippen molar-refractivity contribution in [2.45, 2.75) is 38.9 Å². The van der Waals surface area contributed by atoms with Crippen molar-refractivity contribution in [1.82, 2.24) is 10.2 Å². The summed E-state index contributed by atoms with van der Waals surface area (Å²) in [6.45, 7) is 7.55. The van der Waals surface area contributed by atoms with E-state index in [9.17, 15) is 4.79 Å². The molecule has 2 aliphatic rings. The van der Waals surface area contributed by atoms with Crippen LogP contribution >= 0.6 is 12.4 Å². The highest BCUT2D eigenvalue weighted by atomic mass is 35.5. The van der Waals surface area contributed by atoms with Gasteiger partial charge in [-0.1, -0.05) is 0 Å². The van der Waals surface area contributed by atoms with Crippen LogP contribution in [0.2, 0.25) is 0 Å². The van der Waals surface area contributed by atoms with Crippen LogP contribution in [0.3, 0.4) is 0 Å². The van der Waals surface area contributed by atoms with Crippen LogP contribution in [0.1, 0.15) is 26.7 Å². The Morgan fingerprint density at radius 3 is 2.24 bits per heavy atom. The second-order valence-electron chi connectivity index (χ2n) is 5.02. The minimum absolute atomic E-state index is 0. The van der Waals surface area contributed by atoms with Crippen LogP contribution in [-0.4, -0.2) is 49.2 Å². The van der Waals surface area contributed by atoms with Crippen molar-refractivity contribution < 1.29 is 9.53 Å². The van der Waals surface area contributed by atoms with Crippen molar-refractivity contribution in [3.63, 3.8) is 0 Å². The molecule has 17 heavy (non-hydrogen) atoms. The first-order chi connectivity index (χ1) is 7.66. The van der Waals surface area contributed by atoms with E-state index in [1.54, 1.807) is 0 Å². The number of amides is 1. The van der Waals surface area contributed by atoms with Crippen LogP contribution < -0.4 is 5.32 Å². The quantitative estimate of drug-likeness (QED) is 0.768. The molecule has 5 heteroatoms. The number of piperidine rings is 1. The number of nitrogens with zero attached hydrogens (tertiary/aromatic N) is 1. The summed E-state index contributed by atoms with van der Waals surface area (Å²) >= 11 is 0. The van der Waals surface area contributed by atoms with Gasteiger partial charge in [0.25, 0.3) is 0 Å². The highest BCUT2D eigenvalue weighted by Crippen LogP contribution is 2.19.